The second kappa shape index (κ2) is 4.92. The van der Waals surface area contributed by atoms with Crippen LogP contribution in [-0.2, 0) is 6.54 Å². The van der Waals surface area contributed by atoms with Gasteiger partial charge in [-0.25, -0.2) is 4.79 Å². The number of aromatic carboxylic acids is 1. The molecule has 4 nitrogen and oxygen atoms in total. The van der Waals surface area contributed by atoms with Crippen molar-refractivity contribution in [3.8, 4) is 0 Å². The molecule has 1 aliphatic carbocycles. The van der Waals surface area contributed by atoms with Gasteiger partial charge in [0.2, 0.25) is 5.76 Å². The molecule has 0 atom stereocenters. The molecule has 2 rings (SSSR count). The molecule has 1 aliphatic rings. The van der Waals surface area contributed by atoms with Crippen molar-refractivity contribution in [3.63, 3.8) is 0 Å². The fourth-order valence-corrected chi connectivity index (χ4v) is 1.87. The maximum atomic E-state index is 10.7. The van der Waals surface area contributed by atoms with Gasteiger partial charge in [-0.3, -0.25) is 4.90 Å². The van der Waals surface area contributed by atoms with Gasteiger partial charge in [0.05, 0.1) is 6.54 Å². The second-order valence-electron chi connectivity index (χ2n) is 5.04. The summed E-state index contributed by atoms with van der Waals surface area (Å²) in [5, 5.41) is 8.79. The van der Waals surface area contributed by atoms with Crippen molar-refractivity contribution >= 4 is 5.97 Å². The first kappa shape index (κ1) is 12.2. The summed E-state index contributed by atoms with van der Waals surface area (Å²) in [5.41, 5.74) is 0. The average Bonchev–Trinajstić information content (AvgIpc) is 2.93. The van der Waals surface area contributed by atoms with Crippen LogP contribution < -0.4 is 0 Å². The van der Waals surface area contributed by atoms with Crippen LogP contribution in [0.5, 0.6) is 0 Å². The molecule has 0 aromatic carbocycles. The fourth-order valence-electron chi connectivity index (χ4n) is 1.87. The standard InChI is InChI=1S/C13H19NO3/c1-9(2)14(7-10-3-4-10)8-11-5-6-12(17-11)13(15)16/h5-6,9-10H,3-4,7-8H2,1-2H3,(H,15,16). The van der Waals surface area contributed by atoms with Gasteiger partial charge >= 0.3 is 5.97 Å². The highest BCUT2D eigenvalue weighted by Crippen LogP contribution is 2.30. The minimum atomic E-state index is -1.01. The maximum absolute atomic E-state index is 10.7. The average molecular weight is 237 g/mol. The number of carboxylic acids is 1. The summed E-state index contributed by atoms with van der Waals surface area (Å²) in [4.78, 5) is 13.0. The predicted molar refractivity (Wildman–Crippen MR) is 63.9 cm³/mol. The van der Waals surface area contributed by atoms with Gasteiger partial charge in [0.15, 0.2) is 0 Å². The van der Waals surface area contributed by atoms with Crippen LogP contribution in [-0.4, -0.2) is 28.6 Å². The SMILES string of the molecule is CC(C)N(Cc1ccc(C(=O)O)o1)CC1CC1. The third kappa shape index (κ3) is 3.33. The Morgan fingerprint density at radius 2 is 2.24 bits per heavy atom. The molecule has 0 saturated heterocycles. The molecule has 1 aromatic rings. The zero-order valence-corrected chi connectivity index (χ0v) is 10.3. The number of furan rings is 1. The van der Waals surface area contributed by atoms with E-state index in [0.717, 1.165) is 18.2 Å². The van der Waals surface area contributed by atoms with Crippen molar-refractivity contribution in [1.82, 2.24) is 4.90 Å². The van der Waals surface area contributed by atoms with Gasteiger partial charge in [-0.2, -0.15) is 0 Å². The van der Waals surface area contributed by atoms with Crippen molar-refractivity contribution in [2.45, 2.75) is 39.3 Å². The Bertz CT molecular complexity index is 393. The van der Waals surface area contributed by atoms with E-state index in [4.69, 9.17) is 9.52 Å². The third-order valence-corrected chi connectivity index (χ3v) is 3.15. The normalized spacial score (nSPS) is 15.8. The van der Waals surface area contributed by atoms with Crippen LogP contribution in [0.25, 0.3) is 0 Å². The summed E-state index contributed by atoms with van der Waals surface area (Å²) < 4.78 is 5.29. The highest BCUT2D eigenvalue weighted by molar-refractivity contribution is 5.84. The molecule has 0 unspecified atom stereocenters. The first-order chi connectivity index (χ1) is 8.06. The van der Waals surface area contributed by atoms with Gasteiger partial charge < -0.3 is 9.52 Å². The zero-order chi connectivity index (χ0) is 12.4. The lowest BCUT2D eigenvalue weighted by Crippen LogP contribution is -2.32. The topological polar surface area (TPSA) is 53.7 Å². The van der Waals surface area contributed by atoms with E-state index in [1.165, 1.54) is 18.9 Å². The van der Waals surface area contributed by atoms with Gasteiger partial charge in [-0.1, -0.05) is 0 Å². The highest BCUT2D eigenvalue weighted by Gasteiger charge is 2.26. The minimum Gasteiger partial charge on any atom is -0.475 e. The monoisotopic (exact) mass is 237 g/mol. The molecule has 94 valence electrons. The molecule has 1 saturated carbocycles. The molecule has 0 radical (unpaired) electrons. The lowest BCUT2D eigenvalue weighted by Gasteiger charge is -2.25. The molecular weight excluding hydrogens is 218 g/mol. The quantitative estimate of drug-likeness (QED) is 0.826. The Balaban J connectivity index is 1.97. The number of carbonyl (C=O) groups is 1. The summed E-state index contributed by atoms with van der Waals surface area (Å²) in [6.45, 7) is 6.09. The lowest BCUT2D eigenvalue weighted by atomic mass is 10.2. The molecule has 1 heterocycles. The van der Waals surface area contributed by atoms with Crippen molar-refractivity contribution in [2.75, 3.05) is 6.54 Å². The van der Waals surface area contributed by atoms with Crippen LogP contribution in [0.2, 0.25) is 0 Å². The highest BCUT2D eigenvalue weighted by atomic mass is 16.4. The van der Waals surface area contributed by atoms with Crippen LogP contribution in [0.4, 0.5) is 0 Å². The maximum Gasteiger partial charge on any atom is 0.371 e. The zero-order valence-electron chi connectivity index (χ0n) is 10.3. The smallest absolute Gasteiger partial charge is 0.371 e. The Morgan fingerprint density at radius 1 is 1.53 bits per heavy atom. The number of carboxylic acid groups (broad SMARTS) is 1. The van der Waals surface area contributed by atoms with Crippen molar-refractivity contribution in [1.29, 1.82) is 0 Å². The van der Waals surface area contributed by atoms with Crippen molar-refractivity contribution in [3.05, 3.63) is 23.7 Å². The number of rotatable bonds is 6. The van der Waals surface area contributed by atoms with Gasteiger partial charge in [0.1, 0.15) is 5.76 Å². The van der Waals surface area contributed by atoms with Crippen LogP contribution in [0.3, 0.4) is 0 Å². The van der Waals surface area contributed by atoms with E-state index in [2.05, 4.69) is 18.7 Å². The Labute approximate surface area is 101 Å². The fraction of sp³-hybridized carbons (Fsp3) is 0.615. The minimum absolute atomic E-state index is 0.0233. The van der Waals surface area contributed by atoms with E-state index in [1.54, 1.807) is 6.07 Å². The largest absolute Gasteiger partial charge is 0.475 e. The van der Waals surface area contributed by atoms with Gasteiger partial charge in [-0.05, 0) is 44.7 Å². The Morgan fingerprint density at radius 3 is 2.71 bits per heavy atom. The van der Waals surface area contributed by atoms with Crippen LogP contribution >= 0.6 is 0 Å². The predicted octanol–water partition coefficient (Wildman–Crippen LogP) is 2.60. The number of hydrogen-bond acceptors (Lipinski definition) is 3. The van der Waals surface area contributed by atoms with E-state index in [1.807, 2.05) is 0 Å². The molecule has 0 spiro atoms. The number of nitrogens with zero attached hydrogens (tertiary/aromatic N) is 1. The van der Waals surface area contributed by atoms with Gasteiger partial charge in [0.25, 0.3) is 0 Å². The molecule has 0 aliphatic heterocycles. The van der Waals surface area contributed by atoms with Crippen LogP contribution in [0.15, 0.2) is 16.5 Å². The van der Waals surface area contributed by atoms with Gasteiger partial charge in [0, 0.05) is 12.6 Å². The summed E-state index contributed by atoms with van der Waals surface area (Å²) in [5.74, 6) is 0.577. The third-order valence-electron chi connectivity index (χ3n) is 3.15. The lowest BCUT2D eigenvalue weighted by molar-refractivity contribution is 0.0657. The summed E-state index contributed by atoms with van der Waals surface area (Å²) in [6, 6.07) is 3.73. The molecule has 1 aromatic heterocycles. The van der Waals surface area contributed by atoms with E-state index >= 15 is 0 Å². The van der Waals surface area contributed by atoms with Gasteiger partial charge in [-0.15, -0.1) is 0 Å². The molecule has 0 bridgehead atoms. The molecule has 1 fully saturated rings. The molecule has 17 heavy (non-hydrogen) atoms. The summed E-state index contributed by atoms with van der Waals surface area (Å²) in [6.07, 6.45) is 2.64. The Hall–Kier alpha value is -1.29. The van der Waals surface area contributed by atoms with E-state index in [9.17, 15) is 4.79 Å². The van der Waals surface area contributed by atoms with E-state index in [0.29, 0.717) is 12.6 Å². The van der Waals surface area contributed by atoms with Crippen molar-refractivity contribution in [2.24, 2.45) is 5.92 Å². The molecule has 1 N–H and O–H groups in total. The van der Waals surface area contributed by atoms with Crippen molar-refractivity contribution < 1.29 is 14.3 Å². The Kier molecular flexibility index (Phi) is 3.52. The summed E-state index contributed by atoms with van der Waals surface area (Å²) in [7, 11) is 0. The first-order valence-electron chi connectivity index (χ1n) is 6.12. The molecule has 0 amide bonds. The van der Waals surface area contributed by atoms with Crippen LogP contribution in [0, 0.1) is 5.92 Å². The van der Waals surface area contributed by atoms with Crippen LogP contribution in [0.1, 0.15) is 43.0 Å². The van der Waals surface area contributed by atoms with E-state index in [-0.39, 0.29) is 5.76 Å². The summed E-state index contributed by atoms with van der Waals surface area (Å²) >= 11 is 0. The molecular formula is C13H19NO3. The molecule has 4 heteroatoms. The van der Waals surface area contributed by atoms with E-state index < -0.39 is 5.97 Å². The number of hydrogen-bond donors (Lipinski definition) is 1. The second-order valence-corrected chi connectivity index (χ2v) is 5.04. The first-order valence-corrected chi connectivity index (χ1v) is 6.12.